The number of methoxy groups -OCH3 is 2. The number of rotatable bonds is 6. The first-order chi connectivity index (χ1) is 18.8. The summed E-state index contributed by atoms with van der Waals surface area (Å²) in [4.78, 5) is 41.2. The Morgan fingerprint density at radius 3 is 2.21 bits per heavy atom. The van der Waals surface area contributed by atoms with Crippen molar-refractivity contribution in [3.63, 3.8) is 0 Å². The molecule has 0 radical (unpaired) electrons. The van der Waals surface area contributed by atoms with Gasteiger partial charge in [-0.05, 0) is 53.6 Å². The number of nitriles is 1. The molecule has 0 aliphatic carbocycles. The second-order valence-electron chi connectivity index (χ2n) is 9.42. The van der Waals surface area contributed by atoms with Gasteiger partial charge in [-0.25, -0.2) is 0 Å². The summed E-state index contributed by atoms with van der Waals surface area (Å²) >= 11 is 0. The first-order valence-electron chi connectivity index (χ1n) is 12.4. The number of fused-ring (bicyclic) bond motifs is 3. The van der Waals surface area contributed by atoms with E-state index in [9.17, 15) is 19.6 Å². The van der Waals surface area contributed by atoms with Crippen molar-refractivity contribution < 1.29 is 28.6 Å². The van der Waals surface area contributed by atoms with Crippen LogP contribution in [0.25, 0.3) is 6.08 Å². The third-order valence-corrected chi connectivity index (χ3v) is 7.40. The van der Waals surface area contributed by atoms with Gasteiger partial charge in [0, 0.05) is 24.1 Å². The molecule has 8 nitrogen and oxygen atoms in total. The van der Waals surface area contributed by atoms with E-state index in [1.165, 1.54) is 14.0 Å². The Balaban J connectivity index is 1.74. The minimum absolute atomic E-state index is 0.290. The maximum atomic E-state index is 14.4. The zero-order valence-electron chi connectivity index (χ0n) is 21.7. The van der Waals surface area contributed by atoms with Crippen LogP contribution in [0, 0.1) is 16.7 Å². The van der Waals surface area contributed by atoms with Crippen LogP contribution in [0.15, 0.2) is 78.9 Å². The molecule has 3 aromatic carbocycles. The molecule has 39 heavy (non-hydrogen) atoms. The van der Waals surface area contributed by atoms with E-state index in [2.05, 4.69) is 6.07 Å². The van der Waals surface area contributed by atoms with Crippen molar-refractivity contribution in [2.45, 2.75) is 24.9 Å². The van der Waals surface area contributed by atoms with Gasteiger partial charge in [-0.1, -0.05) is 42.5 Å². The van der Waals surface area contributed by atoms with Crippen molar-refractivity contribution in [3.05, 3.63) is 95.6 Å². The monoisotopic (exact) mass is 522 g/mol. The van der Waals surface area contributed by atoms with Crippen LogP contribution >= 0.6 is 0 Å². The van der Waals surface area contributed by atoms with Crippen molar-refractivity contribution in [2.24, 2.45) is 5.41 Å². The lowest BCUT2D eigenvalue weighted by Crippen LogP contribution is -2.46. The van der Waals surface area contributed by atoms with Gasteiger partial charge in [0.1, 0.15) is 17.5 Å². The molecule has 2 aliphatic heterocycles. The topological polar surface area (TPSA) is 106 Å². The Hall–Kier alpha value is -4.90. The van der Waals surface area contributed by atoms with E-state index in [0.717, 1.165) is 11.3 Å². The van der Waals surface area contributed by atoms with Crippen LogP contribution < -0.4 is 14.4 Å². The fourth-order valence-electron chi connectivity index (χ4n) is 5.74. The number of ether oxygens (including phenoxy) is 3. The maximum Gasteiger partial charge on any atom is 0.329 e. The van der Waals surface area contributed by atoms with Crippen LogP contribution in [-0.2, 0) is 14.3 Å². The highest BCUT2D eigenvalue weighted by molar-refractivity contribution is 6.06. The number of anilines is 1. The summed E-state index contributed by atoms with van der Waals surface area (Å²) in [6.07, 6.45) is 3.67. The van der Waals surface area contributed by atoms with Crippen LogP contribution in [0.3, 0.4) is 0 Å². The molecule has 0 N–H and O–H groups in total. The molecule has 0 bridgehead atoms. The molecule has 0 unspecified atom stereocenters. The number of hydrogen-bond donors (Lipinski definition) is 0. The van der Waals surface area contributed by atoms with Gasteiger partial charge < -0.3 is 19.1 Å². The fraction of sp³-hybridized carbons (Fsp3) is 0.226. The van der Waals surface area contributed by atoms with Crippen molar-refractivity contribution in [2.75, 3.05) is 19.1 Å². The number of para-hydroxylation sites is 1. The third kappa shape index (κ3) is 4.12. The first kappa shape index (κ1) is 25.7. The summed E-state index contributed by atoms with van der Waals surface area (Å²) in [7, 11) is 2.80. The normalized spacial score (nSPS) is 22.7. The van der Waals surface area contributed by atoms with Crippen molar-refractivity contribution in [3.8, 4) is 17.6 Å². The Morgan fingerprint density at radius 2 is 1.59 bits per heavy atom. The first-order valence-corrected chi connectivity index (χ1v) is 12.4. The number of esters is 2. The minimum Gasteiger partial charge on any atom is -0.497 e. The summed E-state index contributed by atoms with van der Waals surface area (Å²) in [5, 5.41) is 10.7. The molecule has 0 amide bonds. The fourth-order valence-corrected chi connectivity index (χ4v) is 5.74. The predicted octanol–water partition coefficient (Wildman–Crippen LogP) is 4.55. The molecule has 2 aliphatic rings. The molecule has 2 heterocycles. The zero-order valence-corrected chi connectivity index (χ0v) is 21.7. The van der Waals surface area contributed by atoms with Crippen molar-refractivity contribution >= 4 is 29.5 Å². The number of carbonyl (C=O) groups is 3. The number of ketones is 1. The van der Waals surface area contributed by atoms with Crippen LogP contribution in [0.1, 0.15) is 34.3 Å². The second kappa shape index (κ2) is 10.1. The van der Waals surface area contributed by atoms with Crippen LogP contribution in [0.4, 0.5) is 5.69 Å². The number of benzene rings is 3. The van der Waals surface area contributed by atoms with E-state index in [0.29, 0.717) is 22.6 Å². The Labute approximate surface area is 226 Å². The van der Waals surface area contributed by atoms with Gasteiger partial charge in [-0.3, -0.25) is 14.4 Å². The molecule has 8 heteroatoms. The predicted molar refractivity (Wildman–Crippen MR) is 143 cm³/mol. The van der Waals surface area contributed by atoms with Crippen molar-refractivity contribution in [1.82, 2.24) is 0 Å². The third-order valence-electron chi connectivity index (χ3n) is 7.40. The lowest BCUT2D eigenvalue weighted by Gasteiger charge is -2.36. The minimum atomic E-state index is -1.73. The second-order valence-corrected chi connectivity index (χ2v) is 9.42. The number of carbonyl (C=O) groups excluding carboxylic acids is 3. The average molecular weight is 523 g/mol. The SMILES string of the molecule is COC(=O)[C@@]1(C#N)[C@H](c2ccc(OC)cc2)[C@H](C(=O)c2ccc(OC(C)=O)cc2)N2c3ccccc3C=C[C@H]21. The molecule has 5 rings (SSSR count). The Kier molecular flexibility index (Phi) is 6.67. The largest absolute Gasteiger partial charge is 0.497 e. The number of hydrogen-bond acceptors (Lipinski definition) is 8. The maximum absolute atomic E-state index is 14.4. The molecule has 0 spiro atoms. The quantitative estimate of drug-likeness (QED) is 0.264. The molecule has 1 saturated heterocycles. The summed E-state index contributed by atoms with van der Waals surface area (Å²) in [6, 6.07) is 21.4. The number of nitrogens with zero attached hydrogens (tertiary/aromatic N) is 2. The van der Waals surface area contributed by atoms with E-state index in [-0.39, 0.29) is 5.78 Å². The van der Waals surface area contributed by atoms with Crippen molar-refractivity contribution in [1.29, 1.82) is 5.26 Å². The van der Waals surface area contributed by atoms with Gasteiger partial charge in [0.05, 0.1) is 26.3 Å². The Bertz CT molecular complexity index is 1510. The van der Waals surface area contributed by atoms with Gasteiger partial charge >= 0.3 is 11.9 Å². The van der Waals surface area contributed by atoms with Gasteiger partial charge in [0.15, 0.2) is 11.2 Å². The van der Waals surface area contributed by atoms with E-state index in [1.54, 1.807) is 61.7 Å². The highest BCUT2D eigenvalue weighted by atomic mass is 16.5. The molecule has 1 fully saturated rings. The summed E-state index contributed by atoms with van der Waals surface area (Å²) in [5.41, 5.74) is 0.839. The molecular weight excluding hydrogens is 496 g/mol. The van der Waals surface area contributed by atoms with Gasteiger partial charge in [-0.15, -0.1) is 0 Å². The highest BCUT2D eigenvalue weighted by Crippen LogP contribution is 2.56. The van der Waals surface area contributed by atoms with E-state index < -0.39 is 35.4 Å². The van der Waals surface area contributed by atoms with Crippen LogP contribution in [0.2, 0.25) is 0 Å². The summed E-state index contributed by atoms with van der Waals surface area (Å²) in [6.45, 7) is 1.30. The highest BCUT2D eigenvalue weighted by Gasteiger charge is 2.67. The molecular formula is C31H26N2O6. The van der Waals surface area contributed by atoms with E-state index in [4.69, 9.17) is 14.2 Å². The molecule has 0 saturated carbocycles. The number of Topliss-reactive ketones (excluding diaryl/α,β-unsaturated/α-hetero) is 1. The summed E-state index contributed by atoms with van der Waals surface area (Å²) < 4.78 is 15.7. The molecule has 3 aromatic rings. The zero-order chi connectivity index (χ0) is 27.7. The molecule has 0 aromatic heterocycles. The van der Waals surface area contributed by atoms with Crippen LogP contribution in [-0.4, -0.2) is 44.0 Å². The summed E-state index contributed by atoms with van der Waals surface area (Å²) in [5.74, 6) is -1.46. The molecule has 4 atom stereocenters. The standard InChI is InChI=1S/C31H26N2O6/c1-19(34)39-24-15-10-22(11-16-24)29(35)28-27(21-8-13-23(37-2)14-9-21)31(18-32,30(36)38-3)26-17-12-20-6-4-5-7-25(20)33(26)28/h4-17,26-28H,1-3H3/t26-,27+,28+,31+/m0/s1. The van der Waals surface area contributed by atoms with E-state index in [1.807, 2.05) is 35.2 Å². The van der Waals surface area contributed by atoms with Gasteiger partial charge in [0.25, 0.3) is 0 Å². The smallest absolute Gasteiger partial charge is 0.329 e. The lowest BCUT2D eigenvalue weighted by atomic mass is 9.68. The molecule has 196 valence electrons. The van der Waals surface area contributed by atoms with Gasteiger partial charge in [0.2, 0.25) is 0 Å². The van der Waals surface area contributed by atoms with Crippen LogP contribution in [0.5, 0.6) is 11.5 Å². The van der Waals surface area contributed by atoms with E-state index >= 15 is 0 Å². The average Bonchev–Trinajstić information content (AvgIpc) is 3.28. The van der Waals surface area contributed by atoms with Gasteiger partial charge in [-0.2, -0.15) is 5.26 Å². The Morgan fingerprint density at radius 1 is 0.923 bits per heavy atom. The lowest BCUT2D eigenvalue weighted by molar-refractivity contribution is -0.150.